The third-order valence-electron chi connectivity index (χ3n) is 1.32. The number of halogens is 4. The molecule has 0 radical (unpaired) electrons. The second-order valence-electron chi connectivity index (χ2n) is 2.46. The number of hydrogen-bond acceptors (Lipinski definition) is 3. The van der Waals surface area contributed by atoms with Gasteiger partial charge in [0.05, 0.1) is 12.8 Å². The summed E-state index contributed by atoms with van der Waals surface area (Å²) in [6, 6.07) is 3.21. The van der Waals surface area contributed by atoms with Crippen molar-refractivity contribution in [3.63, 3.8) is 0 Å². The van der Waals surface area contributed by atoms with Gasteiger partial charge in [0.15, 0.2) is 0 Å². The minimum absolute atomic E-state index is 0.178. The van der Waals surface area contributed by atoms with Crippen molar-refractivity contribution in [2.45, 2.75) is 6.36 Å². The zero-order valence-corrected chi connectivity index (χ0v) is 9.01. The van der Waals surface area contributed by atoms with Crippen LogP contribution in [-0.2, 0) is 4.74 Å². The molecule has 0 aromatic carbocycles. The van der Waals surface area contributed by atoms with Gasteiger partial charge in [0, 0.05) is 0 Å². The van der Waals surface area contributed by atoms with E-state index in [1.165, 1.54) is 6.20 Å². The van der Waals surface area contributed by atoms with Crippen LogP contribution in [-0.4, -0.2) is 24.6 Å². The zero-order chi connectivity index (χ0) is 11.3. The average Bonchev–Trinajstić information content (AvgIpc) is 2.14. The van der Waals surface area contributed by atoms with Crippen LogP contribution in [0, 0.1) is 0 Å². The summed E-state index contributed by atoms with van der Waals surface area (Å²) in [5.41, 5.74) is 0. The van der Waals surface area contributed by atoms with Gasteiger partial charge in [-0.15, -0.1) is 13.2 Å². The zero-order valence-electron chi connectivity index (χ0n) is 7.42. The normalized spacial score (nSPS) is 11.5. The summed E-state index contributed by atoms with van der Waals surface area (Å²) in [4.78, 5) is 3.84. The van der Waals surface area contributed by atoms with E-state index >= 15 is 0 Å². The lowest BCUT2D eigenvalue weighted by molar-refractivity contribution is -0.325. The quantitative estimate of drug-likeness (QED) is 0.630. The molecule has 0 atom stereocenters. The molecule has 0 aliphatic rings. The maximum absolute atomic E-state index is 11.5. The molecule has 15 heavy (non-hydrogen) atoms. The van der Waals surface area contributed by atoms with Crippen molar-refractivity contribution in [3.05, 3.63) is 22.9 Å². The Morgan fingerprint density at radius 2 is 2.00 bits per heavy atom. The molecule has 1 rings (SSSR count). The molecule has 0 aliphatic carbocycles. The number of nitrogens with zero attached hydrogens (tertiary/aromatic N) is 1. The van der Waals surface area contributed by atoms with Crippen LogP contribution >= 0.6 is 15.9 Å². The van der Waals surface area contributed by atoms with Gasteiger partial charge in [-0.05, 0) is 28.1 Å². The Hall–Kier alpha value is -0.820. The van der Waals surface area contributed by atoms with E-state index in [1.807, 2.05) is 0 Å². The molecule has 0 spiro atoms. The standard InChI is InChI=1S/C8H7BrF3NO2/c9-7-2-1-6(5-13-7)14-3-4-15-8(10,11)12/h1-2,5H,3-4H2. The van der Waals surface area contributed by atoms with E-state index in [0.29, 0.717) is 10.4 Å². The predicted molar refractivity (Wildman–Crippen MR) is 49.4 cm³/mol. The van der Waals surface area contributed by atoms with Crippen molar-refractivity contribution in [1.29, 1.82) is 0 Å². The fourth-order valence-electron chi connectivity index (χ4n) is 0.765. The van der Waals surface area contributed by atoms with Crippen LogP contribution in [0.15, 0.2) is 22.9 Å². The Kier molecular flexibility index (Phi) is 4.34. The number of aromatic nitrogens is 1. The van der Waals surface area contributed by atoms with E-state index in [-0.39, 0.29) is 6.61 Å². The molecular weight excluding hydrogens is 279 g/mol. The molecule has 0 amide bonds. The number of rotatable bonds is 4. The van der Waals surface area contributed by atoms with Crippen molar-refractivity contribution >= 4 is 15.9 Å². The average molecular weight is 286 g/mol. The van der Waals surface area contributed by atoms with E-state index in [1.54, 1.807) is 12.1 Å². The first kappa shape index (κ1) is 12.3. The van der Waals surface area contributed by atoms with E-state index in [4.69, 9.17) is 4.74 Å². The summed E-state index contributed by atoms with van der Waals surface area (Å²) in [7, 11) is 0. The Balaban J connectivity index is 2.23. The Morgan fingerprint density at radius 1 is 1.27 bits per heavy atom. The third-order valence-corrected chi connectivity index (χ3v) is 1.79. The van der Waals surface area contributed by atoms with Gasteiger partial charge in [-0.1, -0.05) is 0 Å². The molecule has 0 N–H and O–H groups in total. The van der Waals surface area contributed by atoms with E-state index in [9.17, 15) is 13.2 Å². The second-order valence-corrected chi connectivity index (χ2v) is 3.27. The first-order valence-corrected chi connectivity index (χ1v) is 4.72. The summed E-state index contributed by atoms with van der Waals surface area (Å²) in [5, 5.41) is 0. The molecule has 0 fully saturated rings. The van der Waals surface area contributed by atoms with Crippen LogP contribution in [0.1, 0.15) is 0 Å². The summed E-state index contributed by atoms with van der Waals surface area (Å²) in [6.45, 7) is -0.720. The summed E-state index contributed by atoms with van der Waals surface area (Å²) < 4.78 is 43.7. The van der Waals surface area contributed by atoms with Gasteiger partial charge >= 0.3 is 6.36 Å². The van der Waals surface area contributed by atoms with Crippen LogP contribution in [0.25, 0.3) is 0 Å². The predicted octanol–water partition coefficient (Wildman–Crippen LogP) is 2.76. The van der Waals surface area contributed by atoms with Crippen LogP contribution in [0.3, 0.4) is 0 Å². The summed E-state index contributed by atoms with van der Waals surface area (Å²) >= 11 is 3.11. The van der Waals surface area contributed by atoms with E-state index in [2.05, 4.69) is 25.7 Å². The third kappa shape index (κ3) is 5.58. The highest BCUT2D eigenvalue weighted by Gasteiger charge is 2.28. The van der Waals surface area contributed by atoms with Gasteiger partial charge < -0.3 is 4.74 Å². The summed E-state index contributed by atoms with van der Waals surface area (Å²) in [6.07, 6.45) is -3.21. The molecule has 0 unspecified atom stereocenters. The lowest BCUT2D eigenvalue weighted by atomic mass is 10.5. The maximum Gasteiger partial charge on any atom is 0.522 e. The lowest BCUT2D eigenvalue weighted by Gasteiger charge is -2.08. The van der Waals surface area contributed by atoms with Crippen LogP contribution in [0.5, 0.6) is 5.75 Å². The minimum atomic E-state index is -4.61. The number of alkyl halides is 3. The molecular formula is C8H7BrF3NO2. The van der Waals surface area contributed by atoms with Gasteiger partial charge in [0.1, 0.15) is 17.0 Å². The molecule has 7 heteroatoms. The Morgan fingerprint density at radius 3 is 2.53 bits per heavy atom. The van der Waals surface area contributed by atoms with Gasteiger partial charge in [-0.25, -0.2) is 4.98 Å². The second kappa shape index (κ2) is 5.32. The largest absolute Gasteiger partial charge is 0.522 e. The fraction of sp³-hybridized carbons (Fsp3) is 0.375. The van der Waals surface area contributed by atoms with Crippen molar-refractivity contribution in [2.75, 3.05) is 13.2 Å². The molecule has 84 valence electrons. The maximum atomic E-state index is 11.5. The molecule has 1 aromatic rings. The van der Waals surface area contributed by atoms with Crippen LogP contribution in [0.4, 0.5) is 13.2 Å². The van der Waals surface area contributed by atoms with E-state index < -0.39 is 13.0 Å². The number of pyridine rings is 1. The Labute approximate surface area is 92.3 Å². The minimum Gasteiger partial charge on any atom is -0.490 e. The highest BCUT2D eigenvalue weighted by molar-refractivity contribution is 9.10. The molecule has 0 aliphatic heterocycles. The molecule has 1 aromatic heterocycles. The number of ether oxygens (including phenoxy) is 2. The first-order chi connectivity index (χ1) is 6.97. The van der Waals surface area contributed by atoms with Crippen LogP contribution < -0.4 is 4.74 Å². The highest BCUT2D eigenvalue weighted by Crippen LogP contribution is 2.16. The molecule has 0 saturated carbocycles. The monoisotopic (exact) mass is 285 g/mol. The van der Waals surface area contributed by atoms with Crippen LogP contribution in [0.2, 0.25) is 0 Å². The lowest BCUT2D eigenvalue weighted by Crippen LogP contribution is -2.18. The van der Waals surface area contributed by atoms with Gasteiger partial charge in [-0.2, -0.15) is 0 Å². The highest BCUT2D eigenvalue weighted by atomic mass is 79.9. The topological polar surface area (TPSA) is 31.4 Å². The number of hydrogen-bond donors (Lipinski definition) is 0. The van der Waals surface area contributed by atoms with Gasteiger partial charge in [-0.3, -0.25) is 4.74 Å². The van der Waals surface area contributed by atoms with Crippen molar-refractivity contribution in [2.24, 2.45) is 0 Å². The van der Waals surface area contributed by atoms with Crippen molar-refractivity contribution < 1.29 is 22.6 Å². The SMILES string of the molecule is FC(F)(F)OCCOc1ccc(Br)nc1. The smallest absolute Gasteiger partial charge is 0.490 e. The molecule has 0 saturated heterocycles. The van der Waals surface area contributed by atoms with E-state index in [0.717, 1.165) is 0 Å². The van der Waals surface area contributed by atoms with Gasteiger partial charge in [0.25, 0.3) is 0 Å². The molecule has 0 bridgehead atoms. The Bertz CT molecular complexity index is 302. The summed E-state index contributed by atoms with van der Waals surface area (Å²) in [5.74, 6) is 0.393. The van der Waals surface area contributed by atoms with Gasteiger partial charge in [0.2, 0.25) is 0 Å². The molecule has 3 nitrogen and oxygen atoms in total. The van der Waals surface area contributed by atoms with Crippen molar-refractivity contribution in [1.82, 2.24) is 4.98 Å². The first-order valence-electron chi connectivity index (χ1n) is 3.92. The van der Waals surface area contributed by atoms with Crippen molar-refractivity contribution in [3.8, 4) is 5.75 Å². The fourth-order valence-corrected chi connectivity index (χ4v) is 0.999. The molecule has 1 heterocycles.